The van der Waals surface area contributed by atoms with Crippen LogP contribution in [-0.2, 0) is 0 Å². The summed E-state index contributed by atoms with van der Waals surface area (Å²) in [7, 11) is 0. The first-order valence-electron chi connectivity index (χ1n) is 7.81. The van der Waals surface area contributed by atoms with Gasteiger partial charge in [-0.1, -0.05) is 13.8 Å². The second-order valence-corrected chi connectivity index (χ2v) is 6.94. The van der Waals surface area contributed by atoms with Crippen LogP contribution < -0.4 is 0 Å². The second kappa shape index (κ2) is 5.10. The number of fused-ring (bicyclic) bond motifs is 1. The molecule has 2 aliphatic heterocycles. The van der Waals surface area contributed by atoms with Crippen LogP contribution in [0.25, 0.3) is 0 Å². The zero-order valence-corrected chi connectivity index (χ0v) is 11.9. The Balaban J connectivity index is 1.66. The predicted octanol–water partition coefficient (Wildman–Crippen LogP) is 1.56. The van der Waals surface area contributed by atoms with E-state index in [1.165, 1.54) is 38.9 Å². The van der Waals surface area contributed by atoms with Crippen molar-refractivity contribution in [3.63, 3.8) is 0 Å². The van der Waals surface area contributed by atoms with Gasteiger partial charge in [0.15, 0.2) is 0 Å². The first kappa shape index (κ1) is 12.9. The Bertz CT molecular complexity index is 284. The Morgan fingerprint density at radius 1 is 1.00 bits per heavy atom. The van der Waals surface area contributed by atoms with Crippen LogP contribution in [0, 0.1) is 11.8 Å². The van der Waals surface area contributed by atoms with Gasteiger partial charge in [0.2, 0.25) is 0 Å². The lowest BCUT2D eigenvalue weighted by atomic mass is 9.77. The number of hydrogen-bond acceptors (Lipinski definition) is 3. The maximum atomic E-state index is 10.4. The maximum absolute atomic E-state index is 10.4. The van der Waals surface area contributed by atoms with Crippen molar-refractivity contribution in [1.82, 2.24) is 9.80 Å². The molecular weight excluding hydrogens is 224 g/mol. The molecule has 3 fully saturated rings. The molecule has 0 spiro atoms. The maximum Gasteiger partial charge on any atom is 0.0700 e. The van der Waals surface area contributed by atoms with Crippen molar-refractivity contribution in [1.29, 1.82) is 0 Å². The summed E-state index contributed by atoms with van der Waals surface area (Å²) in [5.74, 6) is 1.34. The van der Waals surface area contributed by atoms with E-state index in [1.807, 2.05) is 0 Å². The first-order valence-corrected chi connectivity index (χ1v) is 7.81. The summed E-state index contributed by atoms with van der Waals surface area (Å²) in [6, 6.07) is 1.20. The van der Waals surface area contributed by atoms with Crippen LogP contribution >= 0.6 is 0 Å². The largest absolute Gasteiger partial charge is 0.391 e. The van der Waals surface area contributed by atoms with Crippen LogP contribution in [0.5, 0.6) is 0 Å². The molecule has 3 rings (SSSR count). The summed E-state index contributed by atoms with van der Waals surface area (Å²) >= 11 is 0. The molecule has 3 aliphatic rings. The van der Waals surface area contributed by atoms with Crippen molar-refractivity contribution in [2.24, 2.45) is 11.8 Å². The Labute approximate surface area is 111 Å². The minimum Gasteiger partial charge on any atom is -0.391 e. The monoisotopic (exact) mass is 252 g/mol. The third-order valence-corrected chi connectivity index (χ3v) is 5.44. The van der Waals surface area contributed by atoms with E-state index >= 15 is 0 Å². The highest BCUT2D eigenvalue weighted by Crippen LogP contribution is 2.34. The Morgan fingerprint density at radius 3 is 2.56 bits per heavy atom. The molecule has 0 aromatic rings. The SMILES string of the molecule is CC1CC(C)C(N2CCN3CCCC3C2)C(O)C1. The Morgan fingerprint density at radius 2 is 1.78 bits per heavy atom. The molecule has 2 saturated heterocycles. The highest BCUT2D eigenvalue weighted by atomic mass is 16.3. The van der Waals surface area contributed by atoms with Crippen LogP contribution in [0.1, 0.15) is 39.5 Å². The molecule has 1 N–H and O–H groups in total. The van der Waals surface area contributed by atoms with Crippen molar-refractivity contribution in [3.05, 3.63) is 0 Å². The van der Waals surface area contributed by atoms with Gasteiger partial charge < -0.3 is 5.11 Å². The summed E-state index contributed by atoms with van der Waals surface area (Å²) in [6.07, 6.45) is 4.92. The Kier molecular flexibility index (Phi) is 3.65. The minimum atomic E-state index is -0.100. The van der Waals surface area contributed by atoms with Gasteiger partial charge in [0, 0.05) is 31.7 Å². The van der Waals surface area contributed by atoms with E-state index in [4.69, 9.17) is 0 Å². The summed E-state index contributed by atoms with van der Waals surface area (Å²) in [5.41, 5.74) is 0. The summed E-state index contributed by atoms with van der Waals surface area (Å²) < 4.78 is 0. The molecule has 3 heteroatoms. The molecule has 5 atom stereocenters. The van der Waals surface area contributed by atoms with Gasteiger partial charge in [-0.3, -0.25) is 9.80 Å². The molecule has 0 amide bonds. The molecule has 0 radical (unpaired) electrons. The zero-order chi connectivity index (χ0) is 12.7. The molecule has 3 nitrogen and oxygen atoms in total. The van der Waals surface area contributed by atoms with Crippen LogP contribution in [0.2, 0.25) is 0 Å². The summed E-state index contributed by atoms with van der Waals surface area (Å²) in [4.78, 5) is 5.26. The van der Waals surface area contributed by atoms with E-state index in [0.29, 0.717) is 17.9 Å². The molecule has 104 valence electrons. The Hall–Kier alpha value is -0.120. The smallest absolute Gasteiger partial charge is 0.0700 e. The van der Waals surface area contributed by atoms with Crippen LogP contribution in [-0.4, -0.2) is 59.3 Å². The number of piperazine rings is 1. The normalized spacial score (nSPS) is 47.2. The van der Waals surface area contributed by atoms with Crippen LogP contribution in [0.4, 0.5) is 0 Å². The van der Waals surface area contributed by atoms with Gasteiger partial charge in [-0.15, -0.1) is 0 Å². The van der Waals surface area contributed by atoms with Crippen LogP contribution in [0.3, 0.4) is 0 Å². The third-order valence-electron chi connectivity index (χ3n) is 5.44. The number of aliphatic hydroxyl groups is 1. The third kappa shape index (κ3) is 2.33. The molecule has 0 aromatic carbocycles. The highest BCUT2D eigenvalue weighted by molar-refractivity contribution is 4.95. The first-order chi connectivity index (χ1) is 8.65. The standard InChI is InChI=1S/C15H28N2O/c1-11-8-12(2)15(14(18)9-11)17-7-6-16-5-3-4-13(16)10-17/h11-15,18H,3-10H2,1-2H3. The second-order valence-electron chi connectivity index (χ2n) is 6.94. The number of aliphatic hydroxyl groups excluding tert-OH is 1. The lowest BCUT2D eigenvalue weighted by Gasteiger charge is -2.48. The van der Waals surface area contributed by atoms with E-state index in [-0.39, 0.29) is 6.10 Å². The van der Waals surface area contributed by atoms with E-state index in [2.05, 4.69) is 23.6 Å². The predicted molar refractivity (Wildman–Crippen MR) is 73.5 cm³/mol. The van der Waals surface area contributed by atoms with Crippen LogP contribution in [0.15, 0.2) is 0 Å². The van der Waals surface area contributed by atoms with Gasteiger partial charge in [-0.25, -0.2) is 0 Å². The summed E-state index contributed by atoms with van der Waals surface area (Å²) in [5, 5.41) is 10.4. The average molecular weight is 252 g/mol. The van der Waals surface area contributed by atoms with E-state index < -0.39 is 0 Å². The quantitative estimate of drug-likeness (QED) is 0.767. The molecular formula is C15H28N2O. The fourth-order valence-corrected chi connectivity index (χ4v) is 4.69. The fourth-order valence-electron chi connectivity index (χ4n) is 4.69. The molecule has 1 aliphatic carbocycles. The van der Waals surface area contributed by atoms with Crippen molar-refractivity contribution < 1.29 is 5.11 Å². The van der Waals surface area contributed by atoms with Gasteiger partial charge in [-0.05, 0) is 44.1 Å². The minimum absolute atomic E-state index is 0.100. The lowest BCUT2D eigenvalue weighted by Crippen LogP contribution is -2.59. The van der Waals surface area contributed by atoms with Crippen molar-refractivity contribution in [2.45, 2.75) is 57.7 Å². The van der Waals surface area contributed by atoms with Gasteiger partial charge >= 0.3 is 0 Å². The van der Waals surface area contributed by atoms with Gasteiger partial charge in [0.25, 0.3) is 0 Å². The van der Waals surface area contributed by atoms with Crippen molar-refractivity contribution in [3.8, 4) is 0 Å². The van der Waals surface area contributed by atoms with E-state index in [0.717, 1.165) is 19.0 Å². The molecule has 0 bridgehead atoms. The van der Waals surface area contributed by atoms with Crippen molar-refractivity contribution in [2.75, 3.05) is 26.2 Å². The van der Waals surface area contributed by atoms with Gasteiger partial charge in [-0.2, -0.15) is 0 Å². The molecule has 18 heavy (non-hydrogen) atoms. The number of nitrogens with zero attached hydrogens (tertiary/aromatic N) is 2. The summed E-state index contributed by atoms with van der Waals surface area (Å²) in [6.45, 7) is 9.50. The topological polar surface area (TPSA) is 26.7 Å². The average Bonchev–Trinajstić information content (AvgIpc) is 2.74. The molecule has 1 saturated carbocycles. The molecule has 2 heterocycles. The van der Waals surface area contributed by atoms with Gasteiger partial charge in [0.1, 0.15) is 0 Å². The van der Waals surface area contributed by atoms with Crippen molar-refractivity contribution >= 4 is 0 Å². The van der Waals surface area contributed by atoms with E-state index in [9.17, 15) is 5.11 Å². The number of rotatable bonds is 1. The zero-order valence-electron chi connectivity index (χ0n) is 11.9. The van der Waals surface area contributed by atoms with Gasteiger partial charge in [0.05, 0.1) is 6.10 Å². The van der Waals surface area contributed by atoms with E-state index in [1.54, 1.807) is 0 Å². The molecule has 0 aromatic heterocycles. The molecule has 5 unspecified atom stereocenters. The lowest BCUT2D eigenvalue weighted by molar-refractivity contribution is -0.0482. The fraction of sp³-hybridized carbons (Fsp3) is 1.00. The highest BCUT2D eigenvalue weighted by Gasteiger charge is 2.40. The number of hydrogen-bond donors (Lipinski definition) is 1.